The summed E-state index contributed by atoms with van der Waals surface area (Å²) in [6.45, 7) is 0. The standard InChI is InChI=1S/C62H39NO2/c1-2-18-41(19-3-1)63(54-31-17-30-53-60(54)45-21-5-7-24-47(45)62(53)50-27-10-14-34-57(50)65-58-35-15-11-28-51(58)62)42-38-36-40(37-39-42)43-22-16-29-52-59(43)44-20-4-6-23-46(44)61(52)48-25-8-12-32-55(48)64-56-33-13-9-26-49(56)61/h1-39H. The zero-order valence-electron chi connectivity index (χ0n) is 35.3. The van der Waals surface area contributed by atoms with Gasteiger partial charge in [-0.3, -0.25) is 0 Å². The molecule has 0 aromatic heterocycles. The minimum Gasteiger partial charge on any atom is -0.457 e. The minimum absolute atomic E-state index is 0.524. The van der Waals surface area contributed by atoms with Gasteiger partial charge < -0.3 is 14.4 Å². The van der Waals surface area contributed by atoms with Crippen molar-refractivity contribution in [3.05, 3.63) is 281 Å². The number of rotatable bonds is 4. The molecular weight excluding hydrogens is 791 g/mol. The third kappa shape index (κ3) is 4.74. The molecule has 0 fully saturated rings. The Kier molecular flexibility index (Phi) is 7.53. The number of nitrogens with zero attached hydrogens (tertiary/aromatic N) is 1. The molecule has 2 aliphatic heterocycles. The molecule has 0 saturated heterocycles. The lowest BCUT2D eigenvalue weighted by molar-refractivity contribution is 0.436. The van der Waals surface area contributed by atoms with Crippen molar-refractivity contribution in [2.45, 2.75) is 10.8 Å². The van der Waals surface area contributed by atoms with E-state index >= 15 is 0 Å². The zero-order valence-corrected chi connectivity index (χ0v) is 35.3. The van der Waals surface area contributed by atoms with Gasteiger partial charge in [-0.1, -0.05) is 182 Å². The predicted molar refractivity (Wildman–Crippen MR) is 261 cm³/mol. The Hall–Kier alpha value is -8.40. The van der Waals surface area contributed by atoms with Crippen LogP contribution < -0.4 is 14.4 Å². The molecule has 14 rings (SSSR count). The number of para-hydroxylation sites is 5. The lowest BCUT2D eigenvalue weighted by Gasteiger charge is -2.39. The Labute approximate surface area is 378 Å². The van der Waals surface area contributed by atoms with Crippen LogP contribution in [0.1, 0.15) is 44.5 Å². The molecule has 2 spiro atoms. The average Bonchev–Trinajstić information content (AvgIpc) is 3.84. The molecule has 2 heterocycles. The molecule has 4 aliphatic rings. The third-order valence-corrected chi connectivity index (χ3v) is 14.4. The van der Waals surface area contributed by atoms with Crippen LogP contribution in [0.3, 0.4) is 0 Å². The van der Waals surface area contributed by atoms with E-state index in [9.17, 15) is 0 Å². The summed E-state index contributed by atoms with van der Waals surface area (Å²) in [5.41, 5.74) is 19.3. The first-order valence-corrected chi connectivity index (χ1v) is 22.4. The van der Waals surface area contributed by atoms with E-state index < -0.39 is 10.8 Å². The number of hydrogen-bond donors (Lipinski definition) is 0. The summed E-state index contributed by atoms with van der Waals surface area (Å²) >= 11 is 0. The maximum absolute atomic E-state index is 6.65. The van der Waals surface area contributed by atoms with Crippen molar-refractivity contribution in [3.8, 4) is 56.4 Å². The van der Waals surface area contributed by atoms with Gasteiger partial charge in [0.05, 0.1) is 16.5 Å². The van der Waals surface area contributed by atoms with Crippen LogP contribution in [0.25, 0.3) is 33.4 Å². The number of hydrogen-bond acceptors (Lipinski definition) is 3. The molecule has 10 aromatic carbocycles. The van der Waals surface area contributed by atoms with Crippen molar-refractivity contribution in [3.63, 3.8) is 0 Å². The second kappa shape index (κ2) is 13.6. The molecule has 65 heavy (non-hydrogen) atoms. The highest BCUT2D eigenvalue weighted by Crippen LogP contribution is 2.65. The second-order valence-corrected chi connectivity index (χ2v) is 17.4. The molecule has 0 amide bonds. The quantitative estimate of drug-likeness (QED) is 0.176. The first-order chi connectivity index (χ1) is 32.3. The number of benzene rings is 10. The summed E-state index contributed by atoms with van der Waals surface area (Å²) in [5, 5.41) is 0. The number of anilines is 3. The van der Waals surface area contributed by atoms with Gasteiger partial charge >= 0.3 is 0 Å². The molecule has 0 atom stereocenters. The highest BCUT2D eigenvalue weighted by Gasteiger charge is 2.53. The van der Waals surface area contributed by atoms with E-state index in [2.05, 4.69) is 241 Å². The third-order valence-electron chi connectivity index (χ3n) is 14.4. The largest absolute Gasteiger partial charge is 0.457 e. The molecule has 304 valence electrons. The van der Waals surface area contributed by atoms with Gasteiger partial charge in [0.1, 0.15) is 23.0 Å². The van der Waals surface area contributed by atoms with Crippen molar-refractivity contribution in [1.82, 2.24) is 0 Å². The van der Waals surface area contributed by atoms with Crippen LogP contribution in [0.5, 0.6) is 23.0 Å². The summed E-state index contributed by atoms with van der Waals surface area (Å²) in [5.74, 6) is 3.58. The summed E-state index contributed by atoms with van der Waals surface area (Å²) < 4.78 is 13.3. The smallest absolute Gasteiger partial charge is 0.132 e. The van der Waals surface area contributed by atoms with Gasteiger partial charge in [0.2, 0.25) is 0 Å². The van der Waals surface area contributed by atoms with Crippen molar-refractivity contribution >= 4 is 17.1 Å². The summed E-state index contributed by atoms with van der Waals surface area (Å²) in [7, 11) is 0. The van der Waals surface area contributed by atoms with Gasteiger partial charge in [-0.15, -0.1) is 0 Å². The highest BCUT2D eigenvalue weighted by atomic mass is 16.5. The lowest BCUT2D eigenvalue weighted by atomic mass is 9.66. The summed E-state index contributed by atoms with van der Waals surface area (Å²) in [6.07, 6.45) is 0. The van der Waals surface area contributed by atoms with Gasteiger partial charge in [0.15, 0.2) is 0 Å². The van der Waals surface area contributed by atoms with Gasteiger partial charge in [-0.25, -0.2) is 0 Å². The zero-order chi connectivity index (χ0) is 42.7. The lowest BCUT2D eigenvalue weighted by Crippen LogP contribution is -2.32. The van der Waals surface area contributed by atoms with Crippen molar-refractivity contribution in [2.75, 3.05) is 4.90 Å². The van der Waals surface area contributed by atoms with Crippen LogP contribution in [0.4, 0.5) is 17.1 Å². The van der Waals surface area contributed by atoms with Crippen LogP contribution >= 0.6 is 0 Å². The molecule has 0 radical (unpaired) electrons. The van der Waals surface area contributed by atoms with E-state index in [4.69, 9.17) is 9.47 Å². The van der Waals surface area contributed by atoms with Crippen molar-refractivity contribution in [2.24, 2.45) is 0 Å². The van der Waals surface area contributed by atoms with E-state index in [0.29, 0.717) is 0 Å². The molecule has 0 unspecified atom stereocenters. The fraction of sp³-hybridized carbons (Fsp3) is 0.0323. The van der Waals surface area contributed by atoms with Gasteiger partial charge in [-0.05, 0) is 105 Å². The number of ether oxygens (including phenoxy) is 2. The molecular formula is C62H39NO2. The normalized spacial score (nSPS) is 14.3. The van der Waals surface area contributed by atoms with Gasteiger partial charge in [-0.2, -0.15) is 0 Å². The first kappa shape index (κ1) is 36.1. The van der Waals surface area contributed by atoms with E-state index in [1.807, 2.05) is 0 Å². The maximum Gasteiger partial charge on any atom is 0.132 e. The molecule has 0 bridgehead atoms. The Morgan fingerprint density at radius 2 is 0.631 bits per heavy atom. The average molecular weight is 830 g/mol. The Morgan fingerprint density at radius 1 is 0.262 bits per heavy atom. The van der Waals surface area contributed by atoms with Crippen LogP contribution in [0.2, 0.25) is 0 Å². The van der Waals surface area contributed by atoms with Crippen LogP contribution in [0, 0.1) is 0 Å². The predicted octanol–water partition coefficient (Wildman–Crippen LogP) is 15.8. The summed E-state index contributed by atoms with van der Waals surface area (Å²) in [4.78, 5) is 2.44. The topological polar surface area (TPSA) is 21.7 Å². The van der Waals surface area contributed by atoms with E-state index in [1.54, 1.807) is 0 Å². The van der Waals surface area contributed by atoms with E-state index in [0.717, 1.165) is 56.8 Å². The first-order valence-electron chi connectivity index (χ1n) is 22.4. The fourth-order valence-corrected chi connectivity index (χ4v) is 12.0. The maximum atomic E-state index is 6.65. The van der Waals surface area contributed by atoms with E-state index in [-0.39, 0.29) is 0 Å². The van der Waals surface area contributed by atoms with Gasteiger partial charge in [0.25, 0.3) is 0 Å². The molecule has 0 N–H and O–H groups in total. The minimum atomic E-state index is -0.563. The highest BCUT2D eigenvalue weighted by molar-refractivity contribution is 6.00. The van der Waals surface area contributed by atoms with Crippen molar-refractivity contribution < 1.29 is 9.47 Å². The molecule has 0 saturated carbocycles. The summed E-state index contributed by atoms with van der Waals surface area (Å²) in [6, 6.07) is 85.9. The monoisotopic (exact) mass is 829 g/mol. The van der Waals surface area contributed by atoms with E-state index in [1.165, 1.54) is 61.2 Å². The van der Waals surface area contributed by atoms with Crippen LogP contribution in [0.15, 0.2) is 237 Å². The van der Waals surface area contributed by atoms with Gasteiger partial charge in [0, 0.05) is 39.2 Å². The Morgan fingerprint density at radius 3 is 1.15 bits per heavy atom. The SMILES string of the molecule is c1ccc(N(c2ccc(-c3cccc4c3-c3ccccc3C43c4ccccc4Oc4ccccc43)cc2)c2cccc3c2-c2ccccc2C32c3ccccc3Oc3ccccc32)cc1. The molecule has 3 heteroatoms. The van der Waals surface area contributed by atoms with Crippen LogP contribution in [-0.4, -0.2) is 0 Å². The molecule has 2 aliphatic carbocycles. The Balaban J connectivity index is 0.964. The second-order valence-electron chi connectivity index (χ2n) is 17.4. The number of fused-ring (bicyclic) bond motifs is 18. The molecule has 3 nitrogen and oxygen atoms in total. The Bertz CT molecular complexity index is 3480. The van der Waals surface area contributed by atoms with Crippen molar-refractivity contribution in [1.29, 1.82) is 0 Å². The van der Waals surface area contributed by atoms with Crippen LogP contribution in [-0.2, 0) is 10.8 Å². The fourth-order valence-electron chi connectivity index (χ4n) is 12.0. The molecule has 10 aromatic rings.